The first-order chi connectivity index (χ1) is 13.9. The Morgan fingerprint density at radius 3 is 1.97 bits per heavy atom. The van der Waals surface area contributed by atoms with Gasteiger partial charge in [0.2, 0.25) is 0 Å². The van der Waals surface area contributed by atoms with E-state index in [0.29, 0.717) is 5.56 Å². The number of aryl methyl sites for hydroxylation is 2. The molecule has 2 N–H and O–H groups in total. The highest BCUT2D eigenvalue weighted by atomic mass is 15.2. The van der Waals surface area contributed by atoms with Crippen molar-refractivity contribution >= 4 is 17.9 Å². The van der Waals surface area contributed by atoms with Crippen molar-refractivity contribution in [2.45, 2.75) is 68.7 Å². The third-order valence-corrected chi connectivity index (χ3v) is 5.16. The zero-order valence-corrected chi connectivity index (χ0v) is 20.3. The molecular weight excluding hydrogens is 368 g/mol. The molecule has 1 heterocycles. The van der Waals surface area contributed by atoms with Crippen molar-refractivity contribution < 1.29 is 0 Å². The van der Waals surface area contributed by atoms with Crippen LogP contribution in [0.4, 0.5) is 5.69 Å². The van der Waals surface area contributed by atoms with Gasteiger partial charge in [0.25, 0.3) is 0 Å². The van der Waals surface area contributed by atoms with E-state index in [9.17, 15) is 0 Å². The second-order valence-electron chi connectivity index (χ2n) is 9.89. The molecule has 30 heavy (non-hydrogen) atoms. The van der Waals surface area contributed by atoms with Crippen molar-refractivity contribution in [3.63, 3.8) is 0 Å². The van der Waals surface area contributed by atoms with Crippen molar-refractivity contribution in [1.82, 2.24) is 4.98 Å². The summed E-state index contributed by atoms with van der Waals surface area (Å²) in [6.45, 7) is 19.7. The molecule has 0 atom stereocenters. The van der Waals surface area contributed by atoms with Gasteiger partial charge >= 0.3 is 0 Å². The molecule has 0 amide bonds. The van der Waals surface area contributed by atoms with E-state index in [4.69, 9.17) is 10.8 Å². The normalized spacial score (nSPS) is 11.2. The van der Waals surface area contributed by atoms with Crippen LogP contribution in [0.15, 0.2) is 36.7 Å². The molecule has 2 aromatic rings. The monoisotopic (exact) mass is 408 g/mol. The summed E-state index contributed by atoms with van der Waals surface area (Å²) in [5.74, 6) is 1.96. The Morgan fingerprint density at radius 2 is 1.60 bits per heavy atom. The lowest BCUT2D eigenvalue weighted by atomic mass is 9.86. The number of amidine groups is 1. The smallest absolute Gasteiger partial charge is 0.139 e. The Balaban J connectivity index is 0.000000656. The van der Waals surface area contributed by atoms with Crippen LogP contribution < -0.4 is 4.90 Å². The van der Waals surface area contributed by atoms with Gasteiger partial charge in [-0.05, 0) is 66.3 Å². The van der Waals surface area contributed by atoms with Crippen LogP contribution in [0.25, 0.3) is 0 Å². The summed E-state index contributed by atoms with van der Waals surface area (Å²) in [6, 6.07) is 7.98. The molecular formula is C26H40N4. The summed E-state index contributed by atoms with van der Waals surface area (Å²) in [5.41, 5.74) is 5.26. The molecule has 0 spiro atoms. The van der Waals surface area contributed by atoms with E-state index in [-0.39, 0.29) is 11.3 Å². The molecule has 0 aliphatic heterocycles. The van der Waals surface area contributed by atoms with Crippen LogP contribution in [0.3, 0.4) is 0 Å². The third-order valence-electron chi connectivity index (χ3n) is 5.16. The molecule has 0 radical (unpaired) electrons. The van der Waals surface area contributed by atoms with E-state index in [2.05, 4.69) is 65.6 Å². The fraction of sp³-hybridized carbons (Fsp3) is 0.500. The van der Waals surface area contributed by atoms with Crippen LogP contribution in [0.1, 0.15) is 70.7 Å². The topological polar surface area (TPSA) is 63.8 Å². The number of benzene rings is 1. The largest absolute Gasteiger partial charge is 0.291 e. The molecule has 0 saturated heterocycles. The highest BCUT2D eigenvalue weighted by Crippen LogP contribution is 2.30. The van der Waals surface area contributed by atoms with Gasteiger partial charge in [0.05, 0.1) is 12.0 Å². The first-order valence-electron chi connectivity index (χ1n) is 10.8. The Labute approximate surface area is 183 Å². The van der Waals surface area contributed by atoms with Crippen molar-refractivity contribution in [1.29, 1.82) is 10.8 Å². The molecule has 1 aromatic heterocycles. The molecule has 4 heteroatoms. The lowest BCUT2D eigenvalue weighted by molar-refractivity contribution is 0.411. The fourth-order valence-electron chi connectivity index (χ4n) is 3.02. The molecule has 2 rings (SSSR count). The molecule has 0 aliphatic rings. The van der Waals surface area contributed by atoms with E-state index in [1.54, 1.807) is 23.4 Å². The average molecular weight is 409 g/mol. The average Bonchev–Trinajstić information content (AvgIpc) is 2.64. The number of nitrogens with one attached hydrogen (secondary N) is 2. The standard InChI is InChI=1S/C20H26N4.C6H14/c1-14-9-16(11-20(3,4)5)10-15(2)18(14)24(13-21)19(22)17-7-6-8-23-12-17;1-5(2)6(3)4/h6-10,12-13,21-22H,11H2,1-5H3;5-6H,1-4H3. The lowest BCUT2D eigenvalue weighted by Crippen LogP contribution is -2.30. The Morgan fingerprint density at radius 1 is 1.07 bits per heavy atom. The Hall–Kier alpha value is -2.49. The van der Waals surface area contributed by atoms with Crippen molar-refractivity contribution in [2.75, 3.05) is 4.90 Å². The summed E-state index contributed by atoms with van der Waals surface area (Å²) < 4.78 is 0. The molecule has 0 bridgehead atoms. The van der Waals surface area contributed by atoms with Gasteiger partial charge in [-0.2, -0.15) is 0 Å². The van der Waals surface area contributed by atoms with Crippen LogP contribution in [0.2, 0.25) is 0 Å². The van der Waals surface area contributed by atoms with E-state index in [1.807, 2.05) is 19.9 Å². The summed E-state index contributed by atoms with van der Waals surface area (Å²) >= 11 is 0. The van der Waals surface area contributed by atoms with Gasteiger partial charge in [-0.1, -0.05) is 60.6 Å². The number of pyridine rings is 1. The van der Waals surface area contributed by atoms with Gasteiger partial charge in [-0.25, -0.2) is 0 Å². The summed E-state index contributed by atoms with van der Waals surface area (Å²) in [4.78, 5) is 5.69. The maximum atomic E-state index is 8.45. The minimum atomic E-state index is 0.226. The van der Waals surface area contributed by atoms with E-state index in [0.717, 1.165) is 35.1 Å². The van der Waals surface area contributed by atoms with Crippen LogP contribution in [0, 0.1) is 41.9 Å². The molecule has 0 saturated carbocycles. The Bertz CT molecular complexity index is 801. The van der Waals surface area contributed by atoms with Crippen LogP contribution in [0.5, 0.6) is 0 Å². The Kier molecular flexibility index (Phi) is 9.41. The summed E-state index contributed by atoms with van der Waals surface area (Å²) in [7, 11) is 0. The lowest BCUT2D eigenvalue weighted by Gasteiger charge is -2.26. The predicted molar refractivity (Wildman–Crippen MR) is 131 cm³/mol. The zero-order valence-electron chi connectivity index (χ0n) is 20.3. The van der Waals surface area contributed by atoms with Crippen molar-refractivity contribution in [3.05, 3.63) is 58.9 Å². The van der Waals surface area contributed by atoms with E-state index >= 15 is 0 Å². The summed E-state index contributed by atoms with van der Waals surface area (Å²) in [5, 5.41) is 16.3. The molecule has 164 valence electrons. The third kappa shape index (κ3) is 7.74. The number of aromatic nitrogens is 1. The van der Waals surface area contributed by atoms with Gasteiger partial charge in [0.1, 0.15) is 5.84 Å². The number of nitrogens with zero attached hydrogens (tertiary/aromatic N) is 2. The second kappa shape index (κ2) is 11.1. The van der Waals surface area contributed by atoms with Crippen LogP contribution in [-0.4, -0.2) is 17.2 Å². The SMILES string of the molecule is CC(C)C(C)C.Cc1cc(CC(C)(C)C)cc(C)c1N(C=N)C(=N)c1cccnc1. The fourth-order valence-corrected chi connectivity index (χ4v) is 3.02. The number of rotatable bonds is 5. The first-order valence-corrected chi connectivity index (χ1v) is 10.8. The van der Waals surface area contributed by atoms with Crippen LogP contribution in [-0.2, 0) is 6.42 Å². The van der Waals surface area contributed by atoms with Gasteiger partial charge in [-0.3, -0.25) is 20.7 Å². The molecule has 0 unspecified atom stereocenters. The van der Waals surface area contributed by atoms with Gasteiger partial charge in [0.15, 0.2) is 0 Å². The van der Waals surface area contributed by atoms with E-state index in [1.165, 1.54) is 11.9 Å². The highest BCUT2D eigenvalue weighted by Gasteiger charge is 2.19. The number of anilines is 1. The maximum Gasteiger partial charge on any atom is 0.139 e. The maximum absolute atomic E-state index is 8.45. The quantitative estimate of drug-likeness (QED) is 0.412. The first kappa shape index (κ1) is 25.5. The minimum absolute atomic E-state index is 0.226. The zero-order chi connectivity index (χ0) is 23.1. The molecule has 0 fully saturated rings. The van der Waals surface area contributed by atoms with Gasteiger partial charge in [0, 0.05) is 18.0 Å². The molecule has 4 nitrogen and oxygen atoms in total. The molecule has 1 aromatic carbocycles. The highest BCUT2D eigenvalue weighted by molar-refractivity contribution is 6.17. The molecule has 0 aliphatic carbocycles. The van der Waals surface area contributed by atoms with Gasteiger partial charge < -0.3 is 0 Å². The minimum Gasteiger partial charge on any atom is -0.291 e. The second-order valence-corrected chi connectivity index (χ2v) is 9.89. The number of hydrogen-bond acceptors (Lipinski definition) is 3. The van der Waals surface area contributed by atoms with Crippen molar-refractivity contribution in [2.24, 2.45) is 17.3 Å². The van der Waals surface area contributed by atoms with Crippen molar-refractivity contribution in [3.8, 4) is 0 Å². The van der Waals surface area contributed by atoms with Gasteiger partial charge in [-0.15, -0.1) is 0 Å². The number of hydrogen-bond donors (Lipinski definition) is 2. The van der Waals surface area contributed by atoms with E-state index < -0.39 is 0 Å². The van der Waals surface area contributed by atoms with Crippen LogP contribution >= 0.6 is 0 Å². The summed E-state index contributed by atoms with van der Waals surface area (Å²) in [6.07, 6.45) is 5.54. The predicted octanol–water partition coefficient (Wildman–Crippen LogP) is 7.02.